The van der Waals surface area contributed by atoms with Crippen molar-refractivity contribution in [3.05, 3.63) is 0 Å². The quantitative estimate of drug-likeness (QED) is 0.322. The van der Waals surface area contributed by atoms with Gasteiger partial charge in [-0.2, -0.15) is 0 Å². The molecular weight excluding hydrogens is 488 g/mol. The van der Waals surface area contributed by atoms with Gasteiger partial charge in [0.1, 0.15) is 0 Å². The normalized spacial score (nSPS) is 46.4. The van der Waals surface area contributed by atoms with Crippen molar-refractivity contribution in [2.75, 3.05) is 19.8 Å². The first-order valence-corrected chi connectivity index (χ1v) is 16.1. The van der Waals surface area contributed by atoms with Crippen molar-refractivity contribution in [1.29, 1.82) is 0 Å². The maximum atomic E-state index is 13.3. The molecule has 9 atom stereocenters. The Labute approximate surface area is 237 Å². The summed E-state index contributed by atoms with van der Waals surface area (Å²) in [7, 11) is 0. The van der Waals surface area contributed by atoms with E-state index in [9.17, 15) is 9.59 Å². The van der Waals surface area contributed by atoms with Crippen molar-refractivity contribution in [3.8, 4) is 0 Å². The summed E-state index contributed by atoms with van der Waals surface area (Å²) in [4.78, 5) is 26.6. The minimum atomic E-state index is -0.659. The molecule has 0 unspecified atom stereocenters. The molecule has 4 saturated carbocycles. The molecule has 2 bridgehead atoms. The second-order valence-electron chi connectivity index (χ2n) is 16.2. The predicted molar refractivity (Wildman–Crippen MR) is 153 cm³/mol. The molecule has 5 fully saturated rings. The average molecular weight is 545 g/mol. The monoisotopic (exact) mass is 544 g/mol. The lowest BCUT2D eigenvalue weighted by molar-refractivity contribution is -0.238. The van der Waals surface area contributed by atoms with E-state index < -0.39 is 5.41 Å². The van der Waals surface area contributed by atoms with Gasteiger partial charge in [0.25, 0.3) is 0 Å². The third-order valence-corrected chi connectivity index (χ3v) is 13.9. The molecule has 0 aromatic carbocycles. The molecule has 1 heterocycles. The van der Waals surface area contributed by atoms with E-state index in [0.29, 0.717) is 48.9 Å². The lowest BCUT2D eigenvalue weighted by Crippen LogP contribution is -2.67. The fourth-order valence-electron chi connectivity index (χ4n) is 11.8. The Kier molecular flexibility index (Phi) is 7.13. The van der Waals surface area contributed by atoms with E-state index >= 15 is 0 Å². The first-order chi connectivity index (χ1) is 18.1. The molecule has 5 aliphatic rings. The highest BCUT2D eigenvalue weighted by molar-refractivity contribution is 5.77. The van der Waals surface area contributed by atoms with E-state index in [-0.39, 0.29) is 39.5 Å². The van der Waals surface area contributed by atoms with Gasteiger partial charge < -0.3 is 14.2 Å². The topological polar surface area (TPSA) is 61.8 Å². The Balaban J connectivity index is 1.55. The van der Waals surface area contributed by atoms with Crippen LogP contribution in [0.1, 0.15) is 120 Å². The number of carbonyl (C=O) groups is 2. The van der Waals surface area contributed by atoms with E-state index in [4.69, 9.17) is 14.2 Å². The zero-order valence-electron chi connectivity index (χ0n) is 26.4. The number of rotatable bonds is 6. The van der Waals surface area contributed by atoms with Crippen LogP contribution in [0.3, 0.4) is 0 Å². The van der Waals surface area contributed by atoms with Gasteiger partial charge in [-0.05, 0) is 130 Å². The number of fused-ring (bicyclic) bond motifs is 3. The van der Waals surface area contributed by atoms with Crippen LogP contribution in [0.15, 0.2) is 0 Å². The highest BCUT2D eigenvalue weighted by Crippen LogP contribution is 2.77. The summed E-state index contributed by atoms with van der Waals surface area (Å²) in [5.41, 5.74) is -0.0992. The zero-order chi connectivity index (χ0) is 28.6. The largest absolute Gasteiger partial charge is 0.466 e. The molecule has 0 aromatic rings. The lowest BCUT2D eigenvalue weighted by Gasteiger charge is -2.72. The predicted octanol–water partition coefficient (Wildman–Crippen LogP) is 7.60. The minimum Gasteiger partial charge on any atom is -0.466 e. The average Bonchev–Trinajstić information content (AvgIpc) is 3.18. The second-order valence-corrected chi connectivity index (χ2v) is 16.2. The molecule has 0 N–H and O–H groups in total. The van der Waals surface area contributed by atoms with Crippen LogP contribution in [0.25, 0.3) is 0 Å². The maximum Gasteiger partial charge on any atom is 0.311 e. The van der Waals surface area contributed by atoms with E-state index in [1.165, 1.54) is 32.1 Å². The fourth-order valence-corrected chi connectivity index (χ4v) is 11.8. The summed E-state index contributed by atoms with van der Waals surface area (Å²) < 4.78 is 17.9. The molecule has 4 aliphatic carbocycles. The van der Waals surface area contributed by atoms with Crippen molar-refractivity contribution in [2.24, 2.45) is 56.2 Å². The van der Waals surface area contributed by atoms with Gasteiger partial charge in [-0.1, -0.05) is 34.6 Å². The number of hydrogen-bond acceptors (Lipinski definition) is 5. The van der Waals surface area contributed by atoms with Crippen LogP contribution in [0, 0.1) is 56.2 Å². The van der Waals surface area contributed by atoms with Gasteiger partial charge in [0, 0.05) is 0 Å². The summed E-state index contributed by atoms with van der Waals surface area (Å²) in [5, 5.41) is 0. The standard InChI is InChI=1S/C34H56O5/c1-10-37-25(35)20-31(7)23(30(5,6)28(36)38-11-2)14-15-33(9)24(31)13-12-22-26-27-29(3,4)16-18-34(26,21-39-27)19-17-32(22,33)8/h22-24,26-27H,10-21H2,1-9H3/t22-,23+,24-,26+,27-,31+,32-,33-,34-/m1/s1. The molecule has 39 heavy (non-hydrogen) atoms. The van der Waals surface area contributed by atoms with Gasteiger partial charge in [-0.25, -0.2) is 0 Å². The van der Waals surface area contributed by atoms with Gasteiger partial charge in [0.05, 0.1) is 37.8 Å². The van der Waals surface area contributed by atoms with Crippen molar-refractivity contribution < 1.29 is 23.8 Å². The minimum absolute atomic E-state index is 0.0646. The van der Waals surface area contributed by atoms with Crippen LogP contribution in [-0.4, -0.2) is 37.9 Å². The van der Waals surface area contributed by atoms with Crippen LogP contribution in [0.2, 0.25) is 0 Å². The number of ether oxygens (including phenoxy) is 3. The molecule has 5 nitrogen and oxygen atoms in total. The zero-order valence-corrected chi connectivity index (χ0v) is 26.4. The molecular formula is C34H56O5. The van der Waals surface area contributed by atoms with Crippen molar-refractivity contribution in [2.45, 2.75) is 126 Å². The first kappa shape index (κ1) is 29.4. The summed E-state index contributed by atoms with van der Waals surface area (Å²) in [6, 6.07) is 0. The first-order valence-electron chi connectivity index (χ1n) is 16.1. The molecule has 5 heteroatoms. The van der Waals surface area contributed by atoms with E-state index in [0.717, 1.165) is 25.9 Å². The summed E-state index contributed by atoms with van der Waals surface area (Å²) in [6.45, 7) is 22.0. The highest BCUT2D eigenvalue weighted by Gasteiger charge is 2.72. The lowest BCUT2D eigenvalue weighted by atomic mass is 9.32. The van der Waals surface area contributed by atoms with Crippen LogP contribution < -0.4 is 0 Å². The van der Waals surface area contributed by atoms with E-state index in [1.807, 2.05) is 13.8 Å². The highest BCUT2D eigenvalue weighted by atomic mass is 16.5. The third kappa shape index (κ3) is 4.01. The molecule has 0 spiro atoms. The Morgan fingerprint density at radius 1 is 0.846 bits per heavy atom. The van der Waals surface area contributed by atoms with Gasteiger partial charge in [0.15, 0.2) is 0 Å². The number of carbonyl (C=O) groups excluding carboxylic acids is 2. The van der Waals surface area contributed by atoms with E-state index in [1.54, 1.807) is 0 Å². The number of esters is 2. The molecule has 5 rings (SSSR count). The smallest absolute Gasteiger partial charge is 0.311 e. The summed E-state index contributed by atoms with van der Waals surface area (Å²) in [5.74, 6) is 1.46. The van der Waals surface area contributed by atoms with Gasteiger partial charge in [-0.3, -0.25) is 9.59 Å². The molecule has 0 radical (unpaired) electrons. The fraction of sp³-hybridized carbons (Fsp3) is 0.941. The molecule has 0 aromatic heterocycles. The van der Waals surface area contributed by atoms with Gasteiger partial charge >= 0.3 is 11.9 Å². The summed E-state index contributed by atoms with van der Waals surface area (Å²) >= 11 is 0. The molecule has 1 saturated heterocycles. The summed E-state index contributed by atoms with van der Waals surface area (Å²) in [6.07, 6.45) is 10.2. The van der Waals surface area contributed by atoms with Crippen LogP contribution in [-0.2, 0) is 23.8 Å². The van der Waals surface area contributed by atoms with Crippen molar-refractivity contribution >= 4 is 11.9 Å². The van der Waals surface area contributed by atoms with Crippen LogP contribution in [0.4, 0.5) is 0 Å². The maximum absolute atomic E-state index is 13.3. The Morgan fingerprint density at radius 3 is 2.18 bits per heavy atom. The van der Waals surface area contributed by atoms with E-state index in [2.05, 4.69) is 48.5 Å². The Morgan fingerprint density at radius 2 is 1.51 bits per heavy atom. The second kappa shape index (κ2) is 9.46. The number of hydrogen-bond donors (Lipinski definition) is 0. The van der Waals surface area contributed by atoms with Crippen molar-refractivity contribution in [3.63, 3.8) is 0 Å². The van der Waals surface area contributed by atoms with Gasteiger partial charge in [0.2, 0.25) is 0 Å². The van der Waals surface area contributed by atoms with Crippen molar-refractivity contribution in [1.82, 2.24) is 0 Å². The molecule has 0 amide bonds. The SMILES string of the molecule is CCOC(=O)C[C@]1(C)[C@H]2CC[C@@H]3[C@H]4[C@H]5OC[C@@]4(CCC5(C)C)CC[C@@]3(C)[C@]2(C)CC[C@H]1C(C)(C)C(=O)OCC. The Hall–Kier alpha value is -1.10. The Bertz CT molecular complexity index is 986. The molecule has 1 aliphatic heterocycles. The third-order valence-electron chi connectivity index (χ3n) is 13.9. The van der Waals surface area contributed by atoms with Gasteiger partial charge in [-0.15, -0.1) is 0 Å². The van der Waals surface area contributed by atoms with Crippen LogP contribution in [0.5, 0.6) is 0 Å². The van der Waals surface area contributed by atoms with Crippen LogP contribution >= 0.6 is 0 Å². The molecule has 222 valence electrons.